The van der Waals surface area contributed by atoms with Crippen molar-refractivity contribution in [2.24, 2.45) is 0 Å². The molecule has 3 nitrogen and oxygen atoms in total. The molecular formula is C21H22BrClO3. The van der Waals surface area contributed by atoms with Gasteiger partial charge in [0.1, 0.15) is 18.3 Å². The molecule has 0 bridgehead atoms. The molecule has 0 radical (unpaired) electrons. The molecule has 0 aliphatic carbocycles. The van der Waals surface area contributed by atoms with Crippen molar-refractivity contribution in [3.63, 3.8) is 0 Å². The van der Waals surface area contributed by atoms with Crippen molar-refractivity contribution >= 4 is 40.1 Å². The van der Waals surface area contributed by atoms with E-state index in [-0.39, 0.29) is 10.7 Å². The van der Waals surface area contributed by atoms with Crippen molar-refractivity contribution in [1.82, 2.24) is 0 Å². The summed E-state index contributed by atoms with van der Waals surface area (Å²) < 4.78 is 5.65. The van der Waals surface area contributed by atoms with Crippen LogP contribution in [0.4, 0.5) is 0 Å². The number of carbonyl (C=O) groups is 2. The second-order valence-corrected chi connectivity index (χ2v) is 7.72. The maximum Gasteiger partial charge on any atom is 0.133 e. The smallest absolute Gasteiger partial charge is 0.133 e. The fourth-order valence-corrected chi connectivity index (χ4v) is 3.25. The first-order valence-electron chi connectivity index (χ1n) is 8.59. The number of aryl methyl sites for hydroxylation is 1. The molecule has 0 aliphatic heterocycles. The van der Waals surface area contributed by atoms with E-state index in [1.165, 1.54) is 0 Å². The van der Waals surface area contributed by atoms with Gasteiger partial charge in [-0.3, -0.25) is 0 Å². The third-order valence-electron chi connectivity index (χ3n) is 4.27. The summed E-state index contributed by atoms with van der Waals surface area (Å²) >= 11 is 9.71. The van der Waals surface area contributed by atoms with E-state index >= 15 is 0 Å². The molecule has 0 fully saturated rings. The number of benzene rings is 2. The molecule has 0 aliphatic rings. The van der Waals surface area contributed by atoms with Gasteiger partial charge in [-0.15, -0.1) is 0 Å². The van der Waals surface area contributed by atoms with Gasteiger partial charge in [-0.05, 0) is 41.3 Å². The molecule has 2 unspecified atom stereocenters. The second-order valence-electron chi connectivity index (χ2n) is 6.14. The lowest BCUT2D eigenvalue weighted by atomic mass is 9.92. The van der Waals surface area contributed by atoms with Crippen molar-refractivity contribution < 1.29 is 14.3 Å². The summed E-state index contributed by atoms with van der Waals surface area (Å²) in [6.07, 6.45) is 3.64. The number of carbonyl (C=O) groups excluding carboxylic acids is 2. The molecule has 2 rings (SSSR count). The van der Waals surface area contributed by atoms with Crippen LogP contribution in [0.15, 0.2) is 42.5 Å². The molecule has 0 saturated heterocycles. The molecule has 5 heteroatoms. The van der Waals surface area contributed by atoms with Crippen LogP contribution in [-0.4, -0.2) is 24.0 Å². The van der Waals surface area contributed by atoms with Gasteiger partial charge in [-0.25, -0.2) is 0 Å². The first-order chi connectivity index (χ1) is 12.5. The van der Waals surface area contributed by atoms with Gasteiger partial charge >= 0.3 is 0 Å². The Balaban J connectivity index is 2.01. The molecule has 2 aromatic rings. The Morgan fingerprint density at radius 2 is 1.88 bits per heavy atom. The van der Waals surface area contributed by atoms with Crippen molar-refractivity contribution in [2.75, 3.05) is 6.61 Å². The second kappa shape index (κ2) is 10.5. The van der Waals surface area contributed by atoms with E-state index in [1.807, 2.05) is 42.5 Å². The topological polar surface area (TPSA) is 43.4 Å². The Morgan fingerprint density at radius 1 is 1.15 bits per heavy atom. The third-order valence-corrected chi connectivity index (χ3v) is 5.27. The molecule has 0 N–H and O–H groups in total. The fourth-order valence-electron chi connectivity index (χ4n) is 2.69. The highest BCUT2D eigenvalue weighted by Gasteiger charge is 2.13. The predicted molar refractivity (Wildman–Crippen MR) is 109 cm³/mol. The van der Waals surface area contributed by atoms with Crippen LogP contribution in [0.2, 0.25) is 5.02 Å². The lowest BCUT2D eigenvalue weighted by Crippen LogP contribution is -2.07. The zero-order chi connectivity index (χ0) is 18.9. The highest BCUT2D eigenvalue weighted by atomic mass is 79.9. The number of aldehydes is 2. The Labute approximate surface area is 167 Å². The first-order valence-corrected chi connectivity index (χ1v) is 9.88. The van der Waals surface area contributed by atoms with Gasteiger partial charge in [0.25, 0.3) is 0 Å². The number of rotatable bonds is 10. The third kappa shape index (κ3) is 5.96. The quantitative estimate of drug-likeness (QED) is 0.371. The summed E-state index contributed by atoms with van der Waals surface area (Å²) in [5, 5.41) is 0.721. The minimum atomic E-state index is -0.168. The molecule has 0 saturated carbocycles. The molecule has 0 spiro atoms. The van der Waals surface area contributed by atoms with E-state index in [9.17, 15) is 9.59 Å². The largest absolute Gasteiger partial charge is 0.494 e. The number of alkyl halides is 1. The molecule has 0 aromatic heterocycles. The SMILES string of the molecule is CC(c1ccc(OCCC(Br)C=O)cc1)c1ccc(CCC=O)cc1Cl. The van der Waals surface area contributed by atoms with Gasteiger partial charge in [0, 0.05) is 23.8 Å². The van der Waals surface area contributed by atoms with E-state index in [0.29, 0.717) is 25.9 Å². The van der Waals surface area contributed by atoms with E-state index in [4.69, 9.17) is 16.3 Å². The minimum absolute atomic E-state index is 0.152. The molecule has 0 heterocycles. The summed E-state index contributed by atoms with van der Waals surface area (Å²) in [6.45, 7) is 2.60. The Kier molecular flexibility index (Phi) is 8.33. The Hall–Kier alpha value is -1.65. The number of halogens is 2. The van der Waals surface area contributed by atoms with Gasteiger partial charge in [0.15, 0.2) is 0 Å². The number of hydrogen-bond donors (Lipinski definition) is 0. The zero-order valence-electron chi connectivity index (χ0n) is 14.7. The van der Waals surface area contributed by atoms with Crippen LogP contribution in [-0.2, 0) is 16.0 Å². The highest BCUT2D eigenvalue weighted by molar-refractivity contribution is 9.09. The molecule has 2 atom stereocenters. The number of ether oxygens (including phenoxy) is 1. The van der Waals surface area contributed by atoms with Crippen LogP contribution >= 0.6 is 27.5 Å². The summed E-state index contributed by atoms with van der Waals surface area (Å²) in [4.78, 5) is 20.9. The summed E-state index contributed by atoms with van der Waals surface area (Å²) in [7, 11) is 0. The zero-order valence-corrected chi connectivity index (χ0v) is 17.0. The van der Waals surface area contributed by atoms with E-state index in [2.05, 4.69) is 22.9 Å². The van der Waals surface area contributed by atoms with Crippen molar-refractivity contribution in [3.05, 3.63) is 64.2 Å². The normalized spacial score (nSPS) is 13.0. The van der Waals surface area contributed by atoms with Gasteiger partial charge < -0.3 is 14.3 Å². The average Bonchev–Trinajstić information content (AvgIpc) is 2.66. The van der Waals surface area contributed by atoms with E-state index in [1.54, 1.807) is 0 Å². The first kappa shape index (κ1) is 20.7. The molecule has 0 amide bonds. The average molecular weight is 438 g/mol. The standard InChI is InChI=1S/C21H22BrClO3/c1-15(20-9-4-16(3-2-11-24)13-21(20)23)17-5-7-19(8-6-17)26-12-10-18(22)14-25/h4-9,11,13-15,18H,2-3,10,12H2,1H3. The van der Waals surface area contributed by atoms with Crippen molar-refractivity contribution in [1.29, 1.82) is 0 Å². The Bertz CT molecular complexity index is 731. The van der Waals surface area contributed by atoms with Crippen molar-refractivity contribution in [3.8, 4) is 5.75 Å². The lowest BCUT2D eigenvalue weighted by Gasteiger charge is -2.16. The van der Waals surface area contributed by atoms with E-state index in [0.717, 1.165) is 40.0 Å². The van der Waals surface area contributed by atoms with Crippen LogP contribution < -0.4 is 4.74 Å². The fraction of sp³-hybridized carbons (Fsp3) is 0.333. The predicted octanol–water partition coefficient (Wildman–Crippen LogP) is 5.35. The molecule has 2 aromatic carbocycles. The van der Waals surface area contributed by atoms with Gasteiger partial charge in [-0.1, -0.05) is 58.7 Å². The molecule has 26 heavy (non-hydrogen) atoms. The lowest BCUT2D eigenvalue weighted by molar-refractivity contribution is -0.108. The molecular weight excluding hydrogens is 416 g/mol. The summed E-state index contributed by atoms with van der Waals surface area (Å²) in [5.74, 6) is 0.931. The van der Waals surface area contributed by atoms with Gasteiger partial charge in [-0.2, -0.15) is 0 Å². The van der Waals surface area contributed by atoms with Crippen LogP contribution in [0, 0.1) is 0 Å². The van der Waals surface area contributed by atoms with Crippen LogP contribution in [0.25, 0.3) is 0 Å². The Morgan fingerprint density at radius 3 is 2.50 bits per heavy atom. The maximum absolute atomic E-state index is 10.6. The molecule has 138 valence electrons. The van der Waals surface area contributed by atoms with Gasteiger partial charge in [0.05, 0.1) is 11.4 Å². The summed E-state index contributed by atoms with van der Waals surface area (Å²) in [5.41, 5.74) is 3.27. The van der Waals surface area contributed by atoms with Gasteiger partial charge in [0.2, 0.25) is 0 Å². The maximum atomic E-state index is 10.6. The van der Waals surface area contributed by atoms with Crippen LogP contribution in [0.1, 0.15) is 42.4 Å². The van der Waals surface area contributed by atoms with Crippen LogP contribution in [0.3, 0.4) is 0 Å². The number of hydrogen-bond acceptors (Lipinski definition) is 3. The van der Waals surface area contributed by atoms with Crippen molar-refractivity contribution in [2.45, 2.75) is 36.9 Å². The minimum Gasteiger partial charge on any atom is -0.494 e. The highest BCUT2D eigenvalue weighted by Crippen LogP contribution is 2.31. The summed E-state index contributed by atoms with van der Waals surface area (Å²) in [6, 6.07) is 13.9. The van der Waals surface area contributed by atoms with Crippen LogP contribution in [0.5, 0.6) is 5.75 Å². The van der Waals surface area contributed by atoms with E-state index < -0.39 is 0 Å². The monoisotopic (exact) mass is 436 g/mol.